The fraction of sp³-hybridized carbons (Fsp3) is 0.235. The third-order valence-corrected chi connectivity index (χ3v) is 4.98. The van der Waals surface area contributed by atoms with Gasteiger partial charge in [0.05, 0.1) is 0 Å². The molecule has 1 aromatic heterocycles. The summed E-state index contributed by atoms with van der Waals surface area (Å²) in [7, 11) is 0. The molecule has 0 amide bonds. The predicted molar refractivity (Wildman–Crippen MR) is 85.0 cm³/mol. The van der Waals surface area contributed by atoms with E-state index in [0.29, 0.717) is 5.56 Å². The number of esters is 1. The molecular formula is C17H16O4S. The normalized spacial score (nSPS) is 21.3. The first-order valence-corrected chi connectivity index (χ1v) is 7.68. The maximum absolute atomic E-state index is 11.5. The van der Waals surface area contributed by atoms with Gasteiger partial charge in [-0.2, -0.15) is 0 Å². The van der Waals surface area contributed by atoms with Crippen LogP contribution in [0.2, 0.25) is 0 Å². The third kappa shape index (κ3) is 2.09. The van der Waals surface area contributed by atoms with Gasteiger partial charge < -0.3 is 14.9 Å². The molecule has 5 heteroatoms. The highest BCUT2D eigenvalue weighted by atomic mass is 32.1. The summed E-state index contributed by atoms with van der Waals surface area (Å²) < 4.78 is 5.15. The maximum atomic E-state index is 11.5. The van der Waals surface area contributed by atoms with Crippen LogP contribution in [0.3, 0.4) is 0 Å². The van der Waals surface area contributed by atoms with Crippen LogP contribution in [0.1, 0.15) is 22.9 Å². The molecule has 4 nitrogen and oxygen atoms in total. The molecule has 114 valence electrons. The number of carbonyl (C=O) groups excluding carboxylic acids is 1. The van der Waals surface area contributed by atoms with Crippen LogP contribution in [0.15, 0.2) is 41.9 Å². The summed E-state index contributed by atoms with van der Waals surface area (Å²) in [5.41, 5.74) is 1.39. The average Bonchev–Trinajstić information content (AvgIpc) is 2.98. The van der Waals surface area contributed by atoms with E-state index in [1.807, 2.05) is 19.1 Å². The minimum Gasteiger partial charge on any atom is -0.505 e. The van der Waals surface area contributed by atoms with Gasteiger partial charge in [-0.25, -0.2) is 4.79 Å². The molecular weight excluding hydrogens is 300 g/mol. The molecule has 2 N–H and O–H groups in total. The minimum absolute atomic E-state index is 0.448. The number of aryl methyl sites for hydroxylation is 2. The average molecular weight is 316 g/mol. The molecule has 2 heterocycles. The highest BCUT2D eigenvalue weighted by Crippen LogP contribution is 2.40. The quantitative estimate of drug-likeness (QED) is 0.817. The Morgan fingerprint density at radius 3 is 2.36 bits per heavy atom. The molecule has 1 atom stereocenters. The molecule has 0 spiro atoms. The van der Waals surface area contributed by atoms with Crippen LogP contribution in [0.5, 0.6) is 0 Å². The molecule has 0 saturated heterocycles. The molecule has 0 radical (unpaired) electrons. The first-order chi connectivity index (χ1) is 10.3. The fourth-order valence-corrected chi connectivity index (χ4v) is 3.57. The predicted octanol–water partition coefficient (Wildman–Crippen LogP) is 4.13. The molecule has 0 saturated carbocycles. The first-order valence-electron chi connectivity index (χ1n) is 6.87. The summed E-state index contributed by atoms with van der Waals surface area (Å²) in [5, 5.41) is 19.5. The monoisotopic (exact) mass is 316 g/mol. The van der Waals surface area contributed by atoms with Gasteiger partial charge in [0.1, 0.15) is 0 Å². The van der Waals surface area contributed by atoms with E-state index in [1.165, 1.54) is 4.88 Å². The molecule has 0 fully saturated rings. The minimum atomic E-state index is -1.34. The summed E-state index contributed by atoms with van der Waals surface area (Å²) in [4.78, 5) is 13.9. The summed E-state index contributed by atoms with van der Waals surface area (Å²) in [6.45, 7) is 5.59. The third-order valence-electron chi connectivity index (χ3n) is 3.95. The van der Waals surface area contributed by atoms with E-state index < -0.39 is 23.1 Å². The van der Waals surface area contributed by atoms with E-state index in [-0.39, 0.29) is 0 Å². The standard InChI is InChI=1S/C17H16O4S/c1-9-8-11(17(3)15(19)14(18)16(20)21-17)5-6-12(9)13-7-4-10(2)22-13/h4-8,18-19H,1-3H3. The van der Waals surface area contributed by atoms with Crippen molar-refractivity contribution >= 4 is 17.3 Å². The molecule has 1 aliphatic rings. The molecule has 1 unspecified atom stereocenters. The van der Waals surface area contributed by atoms with Gasteiger partial charge >= 0.3 is 5.97 Å². The molecule has 0 bridgehead atoms. The van der Waals surface area contributed by atoms with E-state index in [1.54, 1.807) is 24.3 Å². The van der Waals surface area contributed by atoms with Crippen molar-refractivity contribution in [1.82, 2.24) is 0 Å². The van der Waals surface area contributed by atoms with Crippen molar-refractivity contribution in [2.24, 2.45) is 0 Å². The highest BCUT2D eigenvalue weighted by Gasteiger charge is 2.46. The van der Waals surface area contributed by atoms with Crippen LogP contribution in [0.25, 0.3) is 10.4 Å². The number of thiophene rings is 1. The highest BCUT2D eigenvalue weighted by molar-refractivity contribution is 7.15. The Balaban J connectivity index is 2.05. The summed E-state index contributed by atoms with van der Waals surface area (Å²) in [6.07, 6.45) is 0. The second-order valence-electron chi connectivity index (χ2n) is 5.56. The lowest BCUT2D eigenvalue weighted by molar-refractivity contribution is -0.149. The fourth-order valence-electron chi connectivity index (χ4n) is 2.62. The Morgan fingerprint density at radius 1 is 1.14 bits per heavy atom. The summed E-state index contributed by atoms with van der Waals surface area (Å²) in [5.74, 6) is -2.08. The summed E-state index contributed by atoms with van der Waals surface area (Å²) >= 11 is 1.71. The zero-order valence-corrected chi connectivity index (χ0v) is 13.3. The van der Waals surface area contributed by atoms with Gasteiger partial charge in [0.2, 0.25) is 5.76 Å². The molecule has 2 aromatic rings. The zero-order valence-electron chi connectivity index (χ0n) is 12.5. The van der Waals surface area contributed by atoms with E-state index in [9.17, 15) is 15.0 Å². The van der Waals surface area contributed by atoms with Gasteiger partial charge in [-0.3, -0.25) is 0 Å². The Labute approximate surface area is 132 Å². The largest absolute Gasteiger partial charge is 0.505 e. The van der Waals surface area contributed by atoms with Crippen molar-refractivity contribution in [1.29, 1.82) is 0 Å². The number of cyclic esters (lactones) is 1. The van der Waals surface area contributed by atoms with Crippen LogP contribution < -0.4 is 0 Å². The number of rotatable bonds is 2. The molecule has 3 rings (SSSR count). The molecule has 1 aliphatic heterocycles. The van der Waals surface area contributed by atoms with E-state index in [0.717, 1.165) is 16.0 Å². The number of ether oxygens (including phenoxy) is 1. The van der Waals surface area contributed by atoms with Gasteiger partial charge in [-0.05, 0) is 44.0 Å². The Hall–Kier alpha value is -2.27. The van der Waals surface area contributed by atoms with Crippen LogP contribution in [-0.4, -0.2) is 16.2 Å². The van der Waals surface area contributed by atoms with Crippen molar-refractivity contribution in [2.75, 3.05) is 0 Å². The smallest absolute Gasteiger partial charge is 0.378 e. The van der Waals surface area contributed by atoms with Crippen LogP contribution in [0.4, 0.5) is 0 Å². The van der Waals surface area contributed by atoms with Crippen molar-refractivity contribution in [3.63, 3.8) is 0 Å². The summed E-state index contributed by atoms with van der Waals surface area (Å²) in [6, 6.07) is 9.76. The zero-order chi connectivity index (χ0) is 16.1. The number of aliphatic hydroxyl groups is 2. The van der Waals surface area contributed by atoms with Gasteiger partial charge in [0, 0.05) is 15.3 Å². The maximum Gasteiger partial charge on any atom is 0.378 e. The molecule has 22 heavy (non-hydrogen) atoms. The van der Waals surface area contributed by atoms with Crippen LogP contribution in [-0.2, 0) is 15.1 Å². The Bertz CT molecular complexity index is 803. The number of carbonyl (C=O) groups is 1. The van der Waals surface area contributed by atoms with Gasteiger partial charge in [-0.1, -0.05) is 18.2 Å². The van der Waals surface area contributed by atoms with E-state index >= 15 is 0 Å². The number of aliphatic hydroxyl groups excluding tert-OH is 2. The number of hydrogen-bond donors (Lipinski definition) is 2. The SMILES string of the molecule is Cc1ccc(-c2ccc(C3(C)OC(=O)C(O)=C3O)cc2C)s1. The van der Waals surface area contributed by atoms with Crippen molar-refractivity contribution in [2.45, 2.75) is 26.4 Å². The van der Waals surface area contributed by atoms with Crippen molar-refractivity contribution < 1.29 is 19.7 Å². The van der Waals surface area contributed by atoms with Crippen LogP contribution >= 0.6 is 11.3 Å². The molecule has 0 aliphatic carbocycles. The second-order valence-corrected chi connectivity index (χ2v) is 6.85. The van der Waals surface area contributed by atoms with Gasteiger partial charge in [0.25, 0.3) is 0 Å². The van der Waals surface area contributed by atoms with E-state index in [4.69, 9.17) is 4.74 Å². The Kier molecular flexibility index (Phi) is 3.25. The number of hydrogen-bond acceptors (Lipinski definition) is 5. The van der Waals surface area contributed by atoms with Crippen LogP contribution in [0, 0.1) is 13.8 Å². The number of benzene rings is 1. The lowest BCUT2D eigenvalue weighted by Gasteiger charge is -2.24. The van der Waals surface area contributed by atoms with E-state index in [2.05, 4.69) is 19.1 Å². The van der Waals surface area contributed by atoms with Gasteiger partial charge in [-0.15, -0.1) is 11.3 Å². The van der Waals surface area contributed by atoms with Crippen molar-refractivity contribution in [3.8, 4) is 10.4 Å². The second kappa shape index (κ2) is 4.88. The molecule has 1 aromatic carbocycles. The Morgan fingerprint density at radius 2 is 1.86 bits per heavy atom. The first kappa shape index (κ1) is 14.7. The lowest BCUT2D eigenvalue weighted by Crippen LogP contribution is -2.25. The van der Waals surface area contributed by atoms with Crippen molar-refractivity contribution in [3.05, 3.63) is 57.9 Å². The van der Waals surface area contributed by atoms with Gasteiger partial charge in [0.15, 0.2) is 11.4 Å². The lowest BCUT2D eigenvalue weighted by atomic mass is 9.91. The topological polar surface area (TPSA) is 66.8 Å².